The van der Waals surface area contributed by atoms with E-state index in [9.17, 15) is 4.79 Å². The second-order valence-electron chi connectivity index (χ2n) is 11.1. The van der Waals surface area contributed by atoms with E-state index in [1.54, 1.807) is 6.20 Å². The number of anilines is 1. The van der Waals surface area contributed by atoms with E-state index in [0.29, 0.717) is 18.2 Å². The van der Waals surface area contributed by atoms with Crippen LogP contribution in [-0.2, 0) is 17.9 Å². The molecular formula is C32H41N5O2. The van der Waals surface area contributed by atoms with Gasteiger partial charge in [0.2, 0.25) is 0 Å². The van der Waals surface area contributed by atoms with Crippen molar-refractivity contribution in [2.75, 3.05) is 18.8 Å². The predicted octanol–water partition coefficient (Wildman–Crippen LogP) is 4.66. The van der Waals surface area contributed by atoms with Crippen LogP contribution in [0.2, 0.25) is 0 Å². The number of carbonyl (C=O) groups excluding carboxylic acids is 1. The third kappa shape index (κ3) is 7.04. The number of ether oxygens (including phenoxy) is 1. The molecule has 1 aliphatic heterocycles. The summed E-state index contributed by atoms with van der Waals surface area (Å²) in [5.41, 5.74) is 13.4. The maximum absolute atomic E-state index is 13.3. The molecule has 1 aliphatic carbocycles. The zero-order valence-electron chi connectivity index (χ0n) is 23.1. The number of amides is 1. The highest BCUT2D eigenvalue weighted by atomic mass is 16.5. The zero-order chi connectivity index (χ0) is 27.2. The van der Waals surface area contributed by atoms with Crippen LogP contribution >= 0.6 is 0 Å². The molecule has 1 saturated heterocycles. The number of hydrogen-bond donors (Lipinski definition) is 4. The minimum absolute atomic E-state index is 0.0172. The van der Waals surface area contributed by atoms with Gasteiger partial charge in [0, 0.05) is 30.9 Å². The Kier molecular flexibility index (Phi) is 8.91. The van der Waals surface area contributed by atoms with Gasteiger partial charge in [-0.25, -0.2) is 4.98 Å². The van der Waals surface area contributed by atoms with Crippen molar-refractivity contribution in [1.29, 1.82) is 0 Å². The van der Waals surface area contributed by atoms with Crippen LogP contribution < -0.4 is 21.7 Å². The number of nitrogen functional groups attached to an aromatic ring is 1. The van der Waals surface area contributed by atoms with E-state index in [1.807, 2.05) is 12.1 Å². The van der Waals surface area contributed by atoms with Gasteiger partial charge in [-0.2, -0.15) is 0 Å². The normalized spacial score (nSPS) is 21.1. The Morgan fingerprint density at radius 2 is 1.92 bits per heavy atom. The number of nitrogens with two attached hydrogens (primary N) is 1. The minimum atomic E-state index is -0.198. The summed E-state index contributed by atoms with van der Waals surface area (Å²) in [4.78, 5) is 17.7. The van der Waals surface area contributed by atoms with Gasteiger partial charge in [-0.15, -0.1) is 0 Å². The van der Waals surface area contributed by atoms with Crippen molar-refractivity contribution in [2.24, 2.45) is 0 Å². The third-order valence-electron chi connectivity index (χ3n) is 8.12. The lowest BCUT2D eigenvalue weighted by Crippen LogP contribution is -2.42. The molecule has 0 bridgehead atoms. The fourth-order valence-corrected chi connectivity index (χ4v) is 5.60. The first-order chi connectivity index (χ1) is 19.0. The SMILES string of the molecule is Cc1ccc(CO[C@H]2CCC[C@@H]2NC(=O)c2cc(-c3cccc(CNC4CCCNC4)c3)cnc2N)cc1C. The van der Waals surface area contributed by atoms with Crippen molar-refractivity contribution in [3.8, 4) is 11.1 Å². The lowest BCUT2D eigenvalue weighted by molar-refractivity contribution is 0.0272. The molecule has 206 valence electrons. The van der Waals surface area contributed by atoms with E-state index in [0.717, 1.165) is 55.6 Å². The summed E-state index contributed by atoms with van der Waals surface area (Å²) in [6.07, 6.45) is 6.98. The number of benzene rings is 2. The summed E-state index contributed by atoms with van der Waals surface area (Å²) in [5.74, 6) is 0.0422. The Morgan fingerprint density at radius 3 is 2.74 bits per heavy atom. The number of carbonyl (C=O) groups is 1. The summed E-state index contributed by atoms with van der Waals surface area (Å²) >= 11 is 0. The van der Waals surface area contributed by atoms with Crippen molar-refractivity contribution in [1.82, 2.24) is 20.9 Å². The summed E-state index contributed by atoms with van der Waals surface area (Å²) < 4.78 is 6.26. The summed E-state index contributed by atoms with van der Waals surface area (Å²) in [6, 6.07) is 17.1. The Hall–Kier alpha value is -3.26. The van der Waals surface area contributed by atoms with Crippen LogP contribution in [-0.4, -0.2) is 42.2 Å². The van der Waals surface area contributed by atoms with Crippen molar-refractivity contribution < 1.29 is 9.53 Å². The molecular weight excluding hydrogens is 486 g/mol. The molecule has 7 heteroatoms. The first-order valence-corrected chi connectivity index (χ1v) is 14.2. The standard InChI is InChI=1S/C32H41N5O2/c1-21-11-12-24(14-22(21)2)20-39-30-10-4-9-29(30)37-32(38)28-16-26(18-36-31(28)33)25-7-3-6-23(15-25)17-35-27-8-5-13-34-19-27/h3,6-7,11-12,14-16,18,27,29-30,34-35H,4-5,8-10,13,17,19-20H2,1-2H3,(H2,33,36)(H,37,38)/t27?,29-,30-/m0/s1. The number of aromatic nitrogens is 1. The molecule has 2 aromatic carbocycles. The van der Waals surface area contributed by atoms with E-state index < -0.39 is 0 Å². The van der Waals surface area contributed by atoms with E-state index in [-0.39, 0.29) is 23.9 Å². The molecule has 2 fully saturated rings. The number of hydrogen-bond acceptors (Lipinski definition) is 6. The molecule has 3 aromatic rings. The van der Waals surface area contributed by atoms with Crippen LogP contribution in [0.25, 0.3) is 11.1 Å². The topological polar surface area (TPSA) is 101 Å². The number of aryl methyl sites for hydroxylation is 2. The zero-order valence-corrected chi connectivity index (χ0v) is 23.1. The van der Waals surface area contributed by atoms with Crippen LogP contribution in [0.3, 0.4) is 0 Å². The molecule has 2 aliphatic rings. The van der Waals surface area contributed by atoms with Gasteiger partial charge in [0.05, 0.1) is 24.3 Å². The summed E-state index contributed by atoms with van der Waals surface area (Å²) in [6.45, 7) is 7.70. The molecule has 5 N–H and O–H groups in total. The molecule has 0 radical (unpaired) electrons. The van der Waals surface area contributed by atoms with E-state index >= 15 is 0 Å². The van der Waals surface area contributed by atoms with Gasteiger partial charge in [0.15, 0.2) is 0 Å². The lowest BCUT2D eigenvalue weighted by atomic mass is 10.0. The van der Waals surface area contributed by atoms with E-state index in [1.165, 1.54) is 29.5 Å². The first kappa shape index (κ1) is 27.3. The van der Waals surface area contributed by atoms with Crippen molar-refractivity contribution in [2.45, 2.75) is 77.3 Å². The van der Waals surface area contributed by atoms with Crippen LogP contribution in [0.5, 0.6) is 0 Å². The molecule has 0 spiro atoms. The predicted molar refractivity (Wildman–Crippen MR) is 156 cm³/mol. The molecule has 1 amide bonds. The van der Waals surface area contributed by atoms with Gasteiger partial charge in [0.1, 0.15) is 5.82 Å². The quantitative estimate of drug-likeness (QED) is 0.323. The molecule has 1 unspecified atom stereocenters. The molecule has 7 nitrogen and oxygen atoms in total. The maximum atomic E-state index is 13.3. The average molecular weight is 528 g/mol. The number of rotatable bonds is 9. The highest BCUT2D eigenvalue weighted by Crippen LogP contribution is 2.26. The Balaban J connectivity index is 1.22. The second-order valence-corrected chi connectivity index (χ2v) is 11.1. The van der Waals surface area contributed by atoms with Crippen LogP contribution in [0, 0.1) is 13.8 Å². The molecule has 1 saturated carbocycles. The van der Waals surface area contributed by atoms with E-state index in [4.69, 9.17) is 10.5 Å². The van der Waals surface area contributed by atoms with Gasteiger partial charge in [-0.05, 0) is 92.4 Å². The van der Waals surface area contributed by atoms with Crippen LogP contribution in [0.4, 0.5) is 5.82 Å². The van der Waals surface area contributed by atoms with Crippen molar-refractivity contribution >= 4 is 11.7 Å². The molecule has 3 atom stereocenters. The van der Waals surface area contributed by atoms with Gasteiger partial charge in [0.25, 0.3) is 5.91 Å². The van der Waals surface area contributed by atoms with E-state index in [2.05, 4.69) is 71.2 Å². The highest BCUT2D eigenvalue weighted by molar-refractivity contribution is 5.99. The Morgan fingerprint density at radius 1 is 1.03 bits per heavy atom. The second kappa shape index (κ2) is 12.7. The Bertz CT molecular complexity index is 1290. The lowest BCUT2D eigenvalue weighted by Gasteiger charge is -2.24. The smallest absolute Gasteiger partial charge is 0.255 e. The number of nitrogens with zero attached hydrogens (tertiary/aromatic N) is 1. The summed E-state index contributed by atoms with van der Waals surface area (Å²) in [5, 5.41) is 10.3. The monoisotopic (exact) mass is 527 g/mol. The van der Waals surface area contributed by atoms with Crippen LogP contribution in [0.15, 0.2) is 54.7 Å². The first-order valence-electron chi connectivity index (χ1n) is 14.2. The number of piperidine rings is 1. The van der Waals surface area contributed by atoms with Crippen molar-refractivity contribution in [3.63, 3.8) is 0 Å². The fourth-order valence-electron chi connectivity index (χ4n) is 5.60. The highest BCUT2D eigenvalue weighted by Gasteiger charge is 2.30. The molecule has 1 aromatic heterocycles. The average Bonchev–Trinajstić information content (AvgIpc) is 3.40. The molecule has 5 rings (SSSR count). The van der Waals surface area contributed by atoms with Gasteiger partial charge in [-0.3, -0.25) is 4.79 Å². The number of nitrogens with one attached hydrogen (secondary N) is 3. The fraction of sp³-hybridized carbons (Fsp3) is 0.438. The van der Waals surface area contributed by atoms with Crippen LogP contribution in [0.1, 0.15) is 64.7 Å². The summed E-state index contributed by atoms with van der Waals surface area (Å²) in [7, 11) is 0. The Labute approximate surface area is 231 Å². The maximum Gasteiger partial charge on any atom is 0.255 e. The third-order valence-corrected chi connectivity index (χ3v) is 8.12. The van der Waals surface area contributed by atoms with Crippen molar-refractivity contribution in [3.05, 3.63) is 82.5 Å². The molecule has 2 heterocycles. The molecule has 39 heavy (non-hydrogen) atoms. The van der Waals surface area contributed by atoms with Gasteiger partial charge >= 0.3 is 0 Å². The largest absolute Gasteiger partial charge is 0.383 e. The van der Waals surface area contributed by atoms with Gasteiger partial charge in [-0.1, -0.05) is 36.4 Å². The minimum Gasteiger partial charge on any atom is -0.383 e. The number of pyridine rings is 1. The van der Waals surface area contributed by atoms with Gasteiger partial charge < -0.3 is 26.4 Å².